The van der Waals surface area contributed by atoms with Crippen molar-refractivity contribution in [3.05, 3.63) is 0 Å². The van der Waals surface area contributed by atoms with Gasteiger partial charge in [-0.05, 0) is 26.6 Å². The van der Waals surface area contributed by atoms with Gasteiger partial charge < -0.3 is 11.1 Å². The van der Waals surface area contributed by atoms with E-state index in [2.05, 4.69) is 5.32 Å². The smallest absolute Gasteiger partial charge is 0 e. The Morgan fingerprint density at radius 1 is 1.57 bits per heavy atom. The minimum Gasteiger partial charge on any atom is -0.330 e. The molecule has 0 bridgehead atoms. The zero-order valence-corrected chi connectivity index (χ0v) is 6.82. The van der Waals surface area contributed by atoms with Gasteiger partial charge in [0, 0.05) is 39.9 Å². The summed E-state index contributed by atoms with van der Waals surface area (Å²) in [5.41, 5.74) is 5.17. The van der Waals surface area contributed by atoms with Crippen molar-refractivity contribution >= 4 is 0 Å². The van der Waals surface area contributed by atoms with Crippen LogP contribution in [0.1, 0.15) is 6.42 Å². The van der Waals surface area contributed by atoms with Crippen molar-refractivity contribution in [2.75, 3.05) is 20.1 Å². The molecule has 0 atom stereocenters. The van der Waals surface area contributed by atoms with Gasteiger partial charge in [-0.25, -0.2) is 0 Å². The maximum Gasteiger partial charge on any atom is 0 e. The van der Waals surface area contributed by atoms with E-state index in [1.807, 2.05) is 7.05 Å². The molecule has 2 nitrogen and oxygen atoms in total. The molecule has 0 aromatic carbocycles. The number of nitrogens with two attached hydrogens (primary N) is 1. The Morgan fingerprint density at radius 3 is 2.29 bits per heavy atom. The van der Waals surface area contributed by atoms with E-state index in [0.717, 1.165) is 19.5 Å². The number of hydrogen-bond donors (Lipinski definition) is 2. The molecule has 0 heterocycles. The van der Waals surface area contributed by atoms with E-state index in [-0.39, 0.29) is 39.9 Å². The molecule has 3 N–H and O–H groups in total. The Balaban J connectivity index is 0. The average molecular weight is 245 g/mol. The Morgan fingerprint density at radius 2 is 2.14 bits per heavy atom. The van der Waals surface area contributed by atoms with E-state index < -0.39 is 0 Å². The second-order valence-electron chi connectivity index (χ2n) is 1.25. The summed E-state index contributed by atoms with van der Waals surface area (Å²) in [5.74, 6) is 0. The van der Waals surface area contributed by atoms with Gasteiger partial charge in [0.2, 0.25) is 0 Å². The van der Waals surface area contributed by atoms with Crippen LogP contribution in [0.2, 0.25) is 0 Å². The molecule has 0 aliphatic heterocycles. The number of nitrogens with one attached hydrogen (secondary N) is 1. The molecule has 0 saturated heterocycles. The third-order valence-electron chi connectivity index (χ3n) is 0.631. The monoisotopic (exact) mass is 246 g/mol. The molecule has 0 rings (SSSR count). The summed E-state index contributed by atoms with van der Waals surface area (Å²) >= 11 is 0. The molecule has 0 radical (unpaired) electrons. The van der Waals surface area contributed by atoms with Gasteiger partial charge in [0.15, 0.2) is 0 Å². The normalized spacial score (nSPS) is 7.71. The molecule has 0 amide bonds. The second kappa shape index (κ2) is 10.3. The molecule has 0 unspecified atom stereocenters. The molecule has 3 heteroatoms. The Bertz CT molecular complexity index is 21.7. The molecule has 7 heavy (non-hydrogen) atoms. The molecule has 0 aromatic rings. The van der Waals surface area contributed by atoms with E-state index in [1.165, 1.54) is 0 Å². The first kappa shape index (κ1) is 11.1. The molecular formula is C4H12GdN2. The largest absolute Gasteiger partial charge is 0.330 e. The van der Waals surface area contributed by atoms with Crippen LogP contribution in [0, 0.1) is 39.9 Å². The van der Waals surface area contributed by atoms with Crippen LogP contribution in [0.4, 0.5) is 0 Å². The van der Waals surface area contributed by atoms with Gasteiger partial charge in [-0.2, -0.15) is 0 Å². The Labute approximate surface area is 76.9 Å². The summed E-state index contributed by atoms with van der Waals surface area (Å²) in [5, 5.41) is 2.99. The minimum atomic E-state index is 0. The molecule has 0 aliphatic rings. The maximum atomic E-state index is 5.17. The quantitative estimate of drug-likeness (QED) is 0.661. The van der Waals surface area contributed by atoms with Crippen LogP contribution in [0.3, 0.4) is 0 Å². The van der Waals surface area contributed by atoms with E-state index in [4.69, 9.17) is 5.73 Å². The second-order valence-corrected chi connectivity index (χ2v) is 1.25. The van der Waals surface area contributed by atoms with Crippen molar-refractivity contribution in [3.8, 4) is 0 Å². The van der Waals surface area contributed by atoms with Gasteiger partial charge in [-0.15, -0.1) is 0 Å². The molecule has 0 aliphatic carbocycles. The van der Waals surface area contributed by atoms with Crippen LogP contribution in [-0.2, 0) is 0 Å². The Kier molecular flexibility index (Phi) is 16.3. The fourth-order valence-corrected chi connectivity index (χ4v) is 0.279. The van der Waals surface area contributed by atoms with Crippen molar-refractivity contribution in [1.29, 1.82) is 0 Å². The van der Waals surface area contributed by atoms with Crippen molar-refractivity contribution < 1.29 is 39.9 Å². The van der Waals surface area contributed by atoms with Crippen LogP contribution < -0.4 is 11.1 Å². The molecule has 0 saturated carbocycles. The first-order chi connectivity index (χ1) is 2.91. The molecule has 0 spiro atoms. The zero-order valence-electron chi connectivity index (χ0n) is 4.55. The summed E-state index contributed by atoms with van der Waals surface area (Å²) in [6.45, 7) is 1.83. The zero-order chi connectivity index (χ0) is 4.83. The van der Waals surface area contributed by atoms with Crippen molar-refractivity contribution in [1.82, 2.24) is 5.32 Å². The van der Waals surface area contributed by atoms with E-state index >= 15 is 0 Å². The van der Waals surface area contributed by atoms with Crippen LogP contribution in [0.5, 0.6) is 0 Å². The van der Waals surface area contributed by atoms with Gasteiger partial charge >= 0.3 is 0 Å². The average Bonchev–Trinajstić information content (AvgIpc) is 1.61. The minimum absolute atomic E-state index is 0. The van der Waals surface area contributed by atoms with Gasteiger partial charge in [-0.1, -0.05) is 0 Å². The Hall–Kier alpha value is 1.24. The van der Waals surface area contributed by atoms with Crippen molar-refractivity contribution in [2.45, 2.75) is 6.42 Å². The standard InChI is InChI=1S/C4H12N2.Gd/c1-6-4-2-3-5;/h6H,2-5H2,1H3;. The third-order valence-corrected chi connectivity index (χ3v) is 0.631. The summed E-state index contributed by atoms with van der Waals surface area (Å²) < 4.78 is 0. The summed E-state index contributed by atoms with van der Waals surface area (Å²) in [4.78, 5) is 0. The first-order valence-electron chi connectivity index (χ1n) is 2.26. The number of hydrogen-bond acceptors (Lipinski definition) is 2. The van der Waals surface area contributed by atoms with Gasteiger partial charge in [0.25, 0.3) is 0 Å². The summed E-state index contributed by atoms with van der Waals surface area (Å²) in [6.07, 6.45) is 1.08. The SMILES string of the molecule is CNCCCN.[Gd]. The van der Waals surface area contributed by atoms with E-state index in [9.17, 15) is 0 Å². The van der Waals surface area contributed by atoms with E-state index in [0.29, 0.717) is 0 Å². The van der Waals surface area contributed by atoms with E-state index in [1.54, 1.807) is 0 Å². The van der Waals surface area contributed by atoms with Crippen LogP contribution in [0.25, 0.3) is 0 Å². The van der Waals surface area contributed by atoms with Crippen LogP contribution >= 0.6 is 0 Å². The fourth-order valence-electron chi connectivity index (χ4n) is 0.279. The van der Waals surface area contributed by atoms with Crippen LogP contribution in [0.15, 0.2) is 0 Å². The van der Waals surface area contributed by atoms with Crippen molar-refractivity contribution in [3.63, 3.8) is 0 Å². The number of rotatable bonds is 3. The van der Waals surface area contributed by atoms with Gasteiger partial charge in [0.05, 0.1) is 0 Å². The molecule has 0 aromatic heterocycles. The van der Waals surface area contributed by atoms with Crippen LogP contribution in [-0.4, -0.2) is 20.1 Å². The van der Waals surface area contributed by atoms with Gasteiger partial charge in [-0.3, -0.25) is 0 Å². The predicted octanol–water partition coefficient (Wildman–Crippen LogP) is -0.445. The topological polar surface area (TPSA) is 38.0 Å². The summed E-state index contributed by atoms with van der Waals surface area (Å²) in [7, 11) is 1.93. The third kappa shape index (κ3) is 11.1. The fraction of sp³-hybridized carbons (Fsp3) is 1.00. The van der Waals surface area contributed by atoms with Gasteiger partial charge in [0.1, 0.15) is 0 Å². The molecular weight excluding hydrogens is 233 g/mol. The van der Waals surface area contributed by atoms with Crippen molar-refractivity contribution in [2.24, 2.45) is 5.73 Å². The molecule has 0 fully saturated rings. The first-order valence-corrected chi connectivity index (χ1v) is 2.26. The molecule has 46 valence electrons. The maximum absolute atomic E-state index is 5.17. The predicted molar refractivity (Wildman–Crippen MR) is 27.6 cm³/mol. The summed E-state index contributed by atoms with van der Waals surface area (Å²) in [6, 6.07) is 0.